The fourth-order valence-corrected chi connectivity index (χ4v) is 2.76. The van der Waals surface area contributed by atoms with E-state index in [1.807, 2.05) is 13.0 Å². The minimum atomic E-state index is 0.539. The molecule has 106 valence electrons. The third-order valence-corrected chi connectivity index (χ3v) is 3.97. The van der Waals surface area contributed by atoms with Crippen LogP contribution in [0.5, 0.6) is 5.75 Å². The summed E-state index contributed by atoms with van der Waals surface area (Å²) in [6.07, 6.45) is 1.09. The normalized spacial score (nSPS) is 17.6. The van der Waals surface area contributed by atoms with Gasteiger partial charge in [0.05, 0.1) is 12.3 Å². The lowest BCUT2D eigenvalue weighted by Gasteiger charge is -2.25. The van der Waals surface area contributed by atoms with Crippen molar-refractivity contribution in [1.82, 2.24) is 15.5 Å². The third-order valence-electron chi connectivity index (χ3n) is 3.97. The lowest BCUT2D eigenvalue weighted by molar-refractivity contribution is 0.218. The van der Waals surface area contributed by atoms with Gasteiger partial charge < -0.3 is 10.1 Å². The van der Waals surface area contributed by atoms with Crippen LogP contribution in [-0.4, -0.2) is 23.3 Å². The molecule has 0 amide bonds. The second kappa shape index (κ2) is 5.67. The molecule has 0 saturated heterocycles. The van der Waals surface area contributed by atoms with Gasteiger partial charge in [-0.15, -0.1) is 0 Å². The highest BCUT2D eigenvalue weighted by atomic mass is 16.5. The molecule has 1 atom stereocenters. The first-order valence-electron chi connectivity index (χ1n) is 7.16. The zero-order valence-corrected chi connectivity index (χ0v) is 12.1. The summed E-state index contributed by atoms with van der Waals surface area (Å²) in [5.41, 5.74) is 4.84. The highest BCUT2D eigenvalue weighted by molar-refractivity contribution is 5.35. The molecule has 20 heavy (non-hydrogen) atoms. The Morgan fingerprint density at radius 3 is 3.00 bits per heavy atom. The quantitative estimate of drug-likeness (QED) is 0.897. The monoisotopic (exact) mass is 271 g/mol. The van der Waals surface area contributed by atoms with Gasteiger partial charge in [0.25, 0.3) is 0 Å². The average Bonchev–Trinajstić information content (AvgIpc) is 2.79. The molecule has 2 N–H and O–H groups in total. The Hall–Kier alpha value is -1.81. The molecular weight excluding hydrogens is 250 g/mol. The Morgan fingerprint density at radius 2 is 2.20 bits per heavy atom. The second-order valence-electron chi connectivity index (χ2n) is 5.53. The summed E-state index contributed by atoms with van der Waals surface area (Å²) >= 11 is 0. The molecule has 0 unspecified atom stereocenters. The molecule has 1 aliphatic heterocycles. The molecule has 0 fully saturated rings. The smallest absolute Gasteiger partial charge is 0.122 e. The molecule has 2 aromatic rings. The zero-order valence-electron chi connectivity index (χ0n) is 12.1. The van der Waals surface area contributed by atoms with Gasteiger partial charge in [0, 0.05) is 30.3 Å². The summed E-state index contributed by atoms with van der Waals surface area (Å²) < 4.78 is 5.81. The van der Waals surface area contributed by atoms with Crippen molar-refractivity contribution in [2.24, 2.45) is 5.92 Å². The topological polar surface area (TPSA) is 49.9 Å². The molecule has 0 aliphatic carbocycles. The average molecular weight is 271 g/mol. The van der Waals surface area contributed by atoms with Gasteiger partial charge in [-0.25, -0.2) is 0 Å². The van der Waals surface area contributed by atoms with E-state index in [0.717, 1.165) is 43.3 Å². The van der Waals surface area contributed by atoms with Gasteiger partial charge in [-0.2, -0.15) is 5.10 Å². The highest BCUT2D eigenvalue weighted by Crippen LogP contribution is 2.26. The number of rotatable bonds is 4. The number of para-hydroxylation sites is 1. The fraction of sp³-hybridized carbons (Fsp3) is 0.438. The number of fused-ring (bicyclic) bond motifs is 1. The first-order chi connectivity index (χ1) is 9.74. The third kappa shape index (κ3) is 2.70. The number of aromatic nitrogens is 2. The summed E-state index contributed by atoms with van der Waals surface area (Å²) in [7, 11) is 0. The number of nitrogens with zero attached hydrogens (tertiary/aromatic N) is 1. The molecule has 0 bridgehead atoms. The number of aromatic amines is 1. The van der Waals surface area contributed by atoms with Gasteiger partial charge in [0.2, 0.25) is 0 Å². The van der Waals surface area contributed by atoms with E-state index in [1.165, 1.54) is 11.1 Å². The van der Waals surface area contributed by atoms with Crippen molar-refractivity contribution in [2.75, 3.05) is 13.2 Å². The van der Waals surface area contributed by atoms with Crippen molar-refractivity contribution in [3.8, 4) is 5.75 Å². The number of hydrogen-bond donors (Lipinski definition) is 2. The Morgan fingerprint density at radius 1 is 1.35 bits per heavy atom. The molecule has 1 aliphatic rings. The van der Waals surface area contributed by atoms with E-state index in [1.54, 1.807) is 0 Å². The predicted octanol–water partition coefficient (Wildman–Crippen LogP) is 2.37. The molecule has 2 heterocycles. The van der Waals surface area contributed by atoms with Crippen molar-refractivity contribution < 1.29 is 4.74 Å². The van der Waals surface area contributed by atoms with Gasteiger partial charge in [0.1, 0.15) is 5.75 Å². The van der Waals surface area contributed by atoms with Gasteiger partial charge in [-0.3, -0.25) is 5.10 Å². The van der Waals surface area contributed by atoms with Crippen LogP contribution in [0, 0.1) is 19.8 Å². The Kier molecular flexibility index (Phi) is 3.74. The van der Waals surface area contributed by atoms with Crippen molar-refractivity contribution >= 4 is 0 Å². The van der Waals surface area contributed by atoms with E-state index in [2.05, 4.69) is 40.6 Å². The van der Waals surface area contributed by atoms with Crippen LogP contribution >= 0.6 is 0 Å². The molecule has 0 saturated carbocycles. The molecule has 4 heteroatoms. The van der Waals surface area contributed by atoms with E-state index in [0.29, 0.717) is 5.92 Å². The van der Waals surface area contributed by atoms with E-state index in [-0.39, 0.29) is 0 Å². The summed E-state index contributed by atoms with van der Waals surface area (Å²) in [6.45, 7) is 6.75. The van der Waals surface area contributed by atoms with Crippen LogP contribution in [0.25, 0.3) is 0 Å². The number of aryl methyl sites for hydroxylation is 2. The summed E-state index contributed by atoms with van der Waals surface area (Å²) in [4.78, 5) is 0. The standard InChI is InChI=1S/C16H21N3O/c1-11-15(12(2)19-18-11)9-17-8-13-7-14-5-3-4-6-16(14)20-10-13/h3-6,13,17H,7-10H2,1-2H3,(H,18,19)/t13-/m0/s1. The van der Waals surface area contributed by atoms with Crippen LogP contribution < -0.4 is 10.1 Å². The minimum absolute atomic E-state index is 0.539. The van der Waals surface area contributed by atoms with Crippen molar-refractivity contribution in [1.29, 1.82) is 0 Å². The number of ether oxygens (including phenoxy) is 1. The first-order valence-corrected chi connectivity index (χ1v) is 7.16. The van der Waals surface area contributed by atoms with Gasteiger partial charge >= 0.3 is 0 Å². The van der Waals surface area contributed by atoms with Crippen LogP contribution in [0.4, 0.5) is 0 Å². The van der Waals surface area contributed by atoms with Crippen LogP contribution in [0.2, 0.25) is 0 Å². The van der Waals surface area contributed by atoms with Crippen LogP contribution in [-0.2, 0) is 13.0 Å². The Labute approximate surface area is 119 Å². The molecule has 1 aromatic heterocycles. The van der Waals surface area contributed by atoms with Crippen molar-refractivity contribution in [2.45, 2.75) is 26.8 Å². The SMILES string of the molecule is Cc1n[nH]c(C)c1CNC[C@H]1COc2ccccc2C1. The fourth-order valence-electron chi connectivity index (χ4n) is 2.76. The summed E-state index contributed by atoms with van der Waals surface area (Å²) in [5, 5.41) is 10.8. The molecular formula is C16H21N3O. The molecule has 1 aromatic carbocycles. The van der Waals surface area contributed by atoms with E-state index < -0.39 is 0 Å². The number of benzene rings is 1. The maximum absolute atomic E-state index is 5.81. The van der Waals surface area contributed by atoms with Gasteiger partial charge in [0.15, 0.2) is 0 Å². The summed E-state index contributed by atoms with van der Waals surface area (Å²) in [5.74, 6) is 1.59. The number of H-pyrrole nitrogens is 1. The second-order valence-corrected chi connectivity index (χ2v) is 5.53. The molecule has 0 spiro atoms. The lowest BCUT2D eigenvalue weighted by atomic mass is 9.96. The first kappa shape index (κ1) is 13.2. The molecule has 3 rings (SSSR count). The number of hydrogen-bond acceptors (Lipinski definition) is 3. The Balaban J connectivity index is 1.53. The van der Waals surface area contributed by atoms with Crippen molar-refractivity contribution in [3.63, 3.8) is 0 Å². The summed E-state index contributed by atoms with van der Waals surface area (Å²) in [6, 6.07) is 8.32. The van der Waals surface area contributed by atoms with Crippen molar-refractivity contribution in [3.05, 3.63) is 46.8 Å². The minimum Gasteiger partial charge on any atom is -0.493 e. The van der Waals surface area contributed by atoms with Crippen LogP contribution in [0.15, 0.2) is 24.3 Å². The van der Waals surface area contributed by atoms with Gasteiger partial charge in [-0.05, 0) is 31.9 Å². The zero-order chi connectivity index (χ0) is 13.9. The van der Waals surface area contributed by atoms with E-state index in [4.69, 9.17) is 4.74 Å². The van der Waals surface area contributed by atoms with Gasteiger partial charge in [-0.1, -0.05) is 18.2 Å². The maximum atomic E-state index is 5.81. The predicted molar refractivity (Wildman–Crippen MR) is 78.9 cm³/mol. The van der Waals surface area contributed by atoms with E-state index >= 15 is 0 Å². The number of nitrogens with one attached hydrogen (secondary N) is 2. The lowest BCUT2D eigenvalue weighted by Crippen LogP contribution is -2.31. The molecule has 0 radical (unpaired) electrons. The molecule has 4 nitrogen and oxygen atoms in total. The maximum Gasteiger partial charge on any atom is 0.122 e. The Bertz CT molecular complexity index is 572. The highest BCUT2D eigenvalue weighted by Gasteiger charge is 2.19. The van der Waals surface area contributed by atoms with Crippen LogP contribution in [0.1, 0.15) is 22.5 Å². The largest absolute Gasteiger partial charge is 0.493 e. The van der Waals surface area contributed by atoms with Crippen LogP contribution in [0.3, 0.4) is 0 Å². The van der Waals surface area contributed by atoms with E-state index in [9.17, 15) is 0 Å².